The molecule has 1 fully saturated rings. The zero-order valence-corrected chi connectivity index (χ0v) is 21.2. The highest BCUT2D eigenvalue weighted by atomic mass is 19.4. The maximum atomic E-state index is 13.4. The minimum absolute atomic E-state index is 0.0530. The second-order valence-corrected chi connectivity index (χ2v) is 9.50. The SMILES string of the molecule is CCn1c(-c2nc3cc(C(=O)N4C[C@@H](NC(=O)C(F)(F)F)C[C@H](OC)C4)ccc3n2C)cc2ccccc21. The number of carbonyl (C=O) groups is 2. The van der Waals surface area contributed by atoms with Gasteiger partial charge in [-0.2, -0.15) is 13.2 Å². The molecule has 8 nitrogen and oxygen atoms in total. The number of imidazole rings is 1. The van der Waals surface area contributed by atoms with Crippen molar-refractivity contribution >= 4 is 33.8 Å². The molecule has 11 heteroatoms. The van der Waals surface area contributed by atoms with Gasteiger partial charge in [0.05, 0.1) is 22.8 Å². The van der Waals surface area contributed by atoms with Crippen LogP contribution in [0.1, 0.15) is 23.7 Å². The summed E-state index contributed by atoms with van der Waals surface area (Å²) in [6, 6.07) is 14.5. The van der Waals surface area contributed by atoms with E-state index in [-0.39, 0.29) is 25.4 Å². The number of piperidine rings is 1. The number of hydrogen-bond donors (Lipinski definition) is 1. The van der Waals surface area contributed by atoms with Crippen molar-refractivity contribution in [3.05, 3.63) is 54.1 Å². The fourth-order valence-corrected chi connectivity index (χ4v) is 5.24. The van der Waals surface area contributed by atoms with Crippen molar-refractivity contribution in [3.8, 4) is 11.5 Å². The number of halogens is 3. The topological polar surface area (TPSA) is 81.4 Å². The summed E-state index contributed by atoms with van der Waals surface area (Å²) in [6.45, 7) is 2.99. The normalized spacial score (nSPS) is 18.3. The van der Waals surface area contributed by atoms with Crippen LogP contribution in [0.15, 0.2) is 48.5 Å². The van der Waals surface area contributed by atoms with Crippen LogP contribution >= 0.6 is 0 Å². The molecule has 2 aromatic heterocycles. The highest BCUT2D eigenvalue weighted by Crippen LogP contribution is 2.30. The standard InChI is InChI=1S/C27H28F3N5O3/c1-4-35-21-8-6-5-7-16(21)12-23(35)24-32-20-11-17(9-10-22(20)33(24)2)25(36)34-14-18(13-19(15-34)38-3)31-26(37)27(28,29)30/h5-12,18-19H,4,13-15H2,1-3H3,(H,31,37)/t18-,19-/m0/s1. The van der Waals surface area contributed by atoms with Crippen LogP contribution < -0.4 is 5.32 Å². The van der Waals surface area contributed by atoms with E-state index in [2.05, 4.69) is 29.7 Å². The molecule has 0 aliphatic carbocycles. The van der Waals surface area contributed by atoms with Crippen molar-refractivity contribution in [2.24, 2.45) is 7.05 Å². The highest BCUT2D eigenvalue weighted by Gasteiger charge is 2.41. The lowest BCUT2D eigenvalue weighted by Gasteiger charge is -2.37. The number of amides is 2. The summed E-state index contributed by atoms with van der Waals surface area (Å²) in [4.78, 5) is 31.2. The van der Waals surface area contributed by atoms with Crippen LogP contribution in [0.25, 0.3) is 33.5 Å². The molecule has 1 N–H and O–H groups in total. The van der Waals surface area contributed by atoms with E-state index in [1.54, 1.807) is 12.1 Å². The van der Waals surface area contributed by atoms with Gasteiger partial charge in [0.1, 0.15) is 0 Å². The Morgan fingerprint density at radius 2 is 1.87 bits per heavy atom. The summed E-state index contributed by atoms with van der Waals surface area (Å²) >= 11 is 0. The number of alkyl halides is 3. The Balaban J connectivity index is 1.45. The largest absolute Gasteiger partial charge is 0.471 e. The van der Waals surface area contributed by atoms with Crippen molar-refractivity contribution < 1.29 is 27.5 Å². The molecule has 0 spiro atoms. The number of ether oxygens (including phenoxy) is 1. The van der Waals surface area contributed by atoms with Gasteiger partial charge in [0.2, 0.25) is 0 Å². The molecular formula is C27H28F3N5O3. The summed E-state index contributed by atoms with van der Waals surface area (Å²) in [5, 5.41) is 3.09. The fourth-order valence-electron chi connectivity index (χ4n) is 5.24. The van der Waals surface area contributed by atoms with Gasteiger partial charge in [0, 0.05) is 56.3 Å². The predicted molar refractivity (Wildman–Crippen MR) is 137 cm³/mol. The molecular weight excluding hydrogens is 499 g/mol. The van der Waals surface area contributed by atoms with Gasteiger partial charge in [0.15, 0.2) is 5.82 Å². The number of hydrogen-bond acceptors (Lipinski definition) is 4. The van der Waals surface area contributed by atoms with Crippen LogP contribution in [-0.4, -0.2) is 69.4 Å². The van der Waals surface area contributed by atoms with Gasteiger partial charge in [-0.25, -0.2) is 4.98 Å². The van der Waals surface area contributed by atoms with E-state index in [1.165, 1.54) is 12.0 Å². The highest BCUT2D eigenvalue weighted by molar-refractivity contribution is 5.98. The van der Waals surface area contributed by atoms with Crippen LogP contribution in [0.2, 0.25) is 0 Å². The van der Waals surface area contributed by atoms with Gasteiger partial charge < -0.3 is 24.1 Å². The number of carbonyl (C=O) groups excluding carboxylic acids is 2. The first-order chi connectivity index (χ1) is 18.1. The number of para-hydroxylation sites is 1. The van der Waals surface area contributed by atoms with E-state index in [9.17, 15) is 22.8 Å². The average Bonchev–Trinajstić information content (AvgIpc) is 3.44. The zero-order chi connectivity index (χ0) is 27.2. The summed E-state index contributed by atoms with van der Waals surface area (Å²) in [5.41, 5.74) is 3.90. The number of nitrogens with zero attached hydrogens (tertiary/aromatic N) is 4. The van der Waals surface area contributed by atoms with Gasteiger partial charge >= 0.3 is 12.1 Å². The van der Waals surface area contributed by atoms with Crippen molar-refractivity contribution in [1.29, 1.82) is 0 Å². The van der Waals surface area contributed by atoms with Gasteiger partial charge in [-0.15, -0.1) is 0 Å². The number of nitrogens with one attached hydrogen (secondary N) is 1. The molecule has 0 saturated carbocycles. The van der Waals surface area contributed by atoms with E-state index in [1.807, 2.05) is 35.1 Å². The molecule has 0 unspecified atom stereocenters. The first-order valence-electron chi connectivity index (χ1n) is 12.4. The van der Waals surface area contributed by atoms with Crippen LogP contribution in [0.4, 0.5) is 13.2 Å². The Bertz CT molecular complexity index is 1520. The Labute approximate surface area is 217 Å². The summed E-state index contributed by atoms with van der Waals surface area (Å²) in [5.74, 6) is -1.64. The number of methoxy groups -OCH3 is 1. The lowest BCUT2D eigenvalue weighted by molar-refractivity contribution is -0.175. The van der Waals surface area contributed by atoms with Crippen LogP contribution in [0.5, 0.6) is 0 Å². The Kier molecular flexibility index (Phi) is 6.64. The molecule has 1 saturated heterocycles. The van der Waals surface area contributed by atoms with Gasteiger partial charge in [-0.3, -0.25) is 9.59 Å². The van der Waals surface area contributed by atoms with E-state index in [0.717, 1.165) is 34.5 Å². The number of likely N-dealkylation sites (tertiary alicyclic amines) is 1. The quantitative estimate of drug-likeness (QED) is 0.424. The fraction of sp³-hybridized carbons (Fsp3) is 0.370. The summed E-state index contributed by atoms with van der Waals surface area (Å²) in [6.07, 6.45) is -5.33. The van der Waals surface area contributed by atoms with E-state index in [4.69, 9.17) is 9.72 Å². The van der Waals surface area contributed by atoms with Crippen LogP contribution in [0, 0.1) is 0 Å². The van der Waals surface area contributed by atoms with Gasteiger partial charge in [-0.05, 0) is 43.7 Å². The molecule has 2 atom stereocenters. The third-order valence-electron chi connectivity index (χ3n) is 7.11. The molecule has 2 aromatic carbocycles. The maximum absolute atomic E-state index is 13.4. The first kappa shape index (κ1) is 25.8. The third kappa shape index (κ3) is 4.62. The zero-order valence-electron chi connectivity index (χ0n) is 21.2. The maximum Gasteiger partial charge on any atom is 0.471 e. The molecule has 2 amide bonds. The van der Waals surface area contributed by atoms with E-state index < -0.39 is 24.2 Å². The van der Waals surface area contributed by atoms with Crippen molar-refractivity contribution in [3.63, 3.8) is 0 Å². The summed E-state index contributed by atoms with van der Waals surface area (Å²) < 4.78 is 47.9. The lowest BCUT2D eigenvalue weighted by atomic mass is 10.0. The second kappa shape index (κ2) is 9.79. The van der Waals surface area contributed by atoms with Gasteiger partial charge in [-0.1, -0.05) is 18.2 Å². The predicted octanol–water partition coefficient (Wildman–Crippen LogP) is 4.12. The van der Waals surface area contributed by atoms with E-state index in [0.29, 0.717) is 11.1 Å². The number of aromatic nitrogens is 3. The minimum atomic E-state index is -5.00. The lowest BCUT2D eigenvalue weighted by Crippen LogP contribution is -2.56. The monoisotopic (exact) mass is 527 g/mol. The molecule has 0 bridgehead atoms. The Morgan fingerprint density at radius 1 is 1.11 bits per heavy atom. The summed E-state index contributed by atoms with van der Waals surface area (Å²) in [7, 11) is 3.35. The number of aryl methyl sites for hydroxylation is 2. The molecule has 1 aliphatic heterocycles. The number of rotatable bonds is 5. The molecule has 1 aliphatic rings. The molecule has 5 rings (SSSR count). The molecule has 3 heterocycles. The smallest absolute Gasteiger partial charge is 0.380 e. The minimum Gasteiger partial charge on any atom is -0.380 e. The molecule has 4 aromatic rings. The molecule has 0 radical (unpaired) electrons. The number of fused-ring (bicyclic) bond motifs is 2. The van der Waals surface area contributed by atoms with Gasteiger partial charge in [0.25, 0.3) is 5.91 Å². The Morgan fingerprint density at radius 3 is 2.58 bits per heavy atom. The number of benzene rings is 2. The third-order valence-corrected chi connectivity index (χ3v) is 7.11. The molecule has 38 heavy (non-hydrogen) atoms. The molecule has 200 valence electrons. The van der Waals surface area contributed by atoms with E-state index >= 15 is 0 Å². The van der Waals surface area contributed by atoms with Crippen molar-refractivity contribution in [2.45, 2.75) is 38.2 Å². The average molecular weight is 528 g/mol. The van der Waals surface area contributed by atoms with Crippen LogP contribution in [0.3, 0.4) is 0 Å². The Hall–Kier alpha value is -3.86. The van der Waals surface area contributed by atoms with Crippen LogP contribution in [-0.2, 0) is 23.1 Å². The second-order valence-electron chi connectivity index (χ2n) is 9.50. The van der Waals surface area contributed by atoms with Crippen molar-refractivity contribution in [2.75, 3.05) is 20.2 Å². The van der Waals surface area contributed by atoms with Crippen molar-refractivity contribution in [1.82, 2.24) is 24.3 Å². The first-order valence-corrected chi connectivity index (χ1v) is 12.4.